The summed E-state index contributed by atoms with van der Waals surface area (Å²) in [6, 6.07) is 12.9. The molecule has 1 aromatic carbocycles. The molecule has 102 valence electrons. The predicted octanol–water partition coefficient (Wildman–Crippen LogP) is 6.17. The number of hydrogen-bond donors (Lipinski definition) is 0. The van der Waals surface area contributed by atoms with Gasteiger partial charge in [0, 0.05) is 25.4 Å². The van der Waals surface area contributed by atoms with Crippen molar-refractivity contribution in [3.63, 3.8) is 0 Å². The average molecular weight is 467 g/mol. The molecule has 0 spiro atoms. The fourth-order valence-electron chi connectivity index (χ4n) is 2.16. The van der Waals surface area contributed by atoms with E-state index in [2.05, 4.69) is 89.6 Å². The van der Waals surface area contributed by atoms with Crippen LogP contribution in [0, 0.1) is 0 Å². The number of hydrogen-bond acceptors (Lipinski definition) is 1. The van der Waals surface area contributed by atoms with Gasteiger partial charge in [-0.15, -0.1) is 11.3 Å². The summed E-state index contributed by atoms with van der Waals surface area (Å²) in [7, 11) is 0. The smallest absolute Gasteiger partial charge is 0.0213 e. The summed E-state index contributed by atoms with van der Waals surface area (Å²) in [5.41, 5.74) is 1.50. The van der Waals surface area contributed by atoms with Crippen LogP contribution >= 0.6 is 59.1 Å². The first-order valence-electron chi connectivity index (χ1n) is 6.11. The molecule has 0 aliphatic carbocycles. The Kier molecular flexibility index (Phi) is 6.12. The van der Waals surface area contributed by atoms with Crippen molar-refractivity contribution in [3.8, 4) is 0 Å². The quantitative estimate of drug-likeness (QED) is 0.446. The van der Waals surface area contributed by atoms with Crippen molar-refractivity contribution < 1.29 is 0 Å². The van der Waals surface area contributed by atoms with Crippen LogP contribution in [0.5, 0.6) is 0 Å². The van der Waals surface area contributed by atoms with Crippen LogP contribution in [0.4, 0.5) is 0 Å². The Morgan fingerprint density at radius 2 is 1.74 bits per heavy atom. The van der Waals surface area contributed by atoms with Crippen LogP contribution in [0.1, 0.15) is 16.9 Å². The Balaban J connectivity index is 2.24. The topological polar surface area (TPSA) is 0 Å². The zero-order valence-electron chi connectivity index (χ0n) is 10.4. The highest BCUT2D eigenvalue weighted by Gasteiger charge is 2.31. The van der Waals surface area contributed by atoms with Gasteiger partial charge in [-0.25, -0.2) is 0 Å². The first-order valence-corrected chi connectivity index (χ1v) is 10.0. The third kappa shape index (κ3) is 3.72. The van der Waals surface area contributed by atoms with Crippen molar-refractivity contribution in [1.29, 1.82) is 0 Å². The van der Waals surface area contributed by atoms with Gasteiger partial charge in [0.05, 0.1) is 0 Å². The van der Waals surface area contributed by atoms with Gasteiger partial charge >= 0.3 is 0 Å². The highest BCUT2D eigenvalue weighted by Crippen LogP contribution is 2.38. The van der Waals surface area contributed by atoms with Crippen LogP contribution in [0.15, 0.2) is 46.3 Å². The molecule has 1 heterocycles. The number of halogens is 3. The average Bonchev–Trinajstić information content (AvgIpc) is 2.95. The highest BCUT2D eigenvalue weighted by atomic mass is 79.9. The summed E-state index contributed by atoms with van der Waals surface area (Å²) >= 11 is 13.0. The molecule has 0 aliphatic rings. The number of thiophene rings is 1. The van der Waals surface area contributed by atoms with Gasteiger partial charge in [0.25, 0.3) is 0 Å². The number of benzene rings is 1. The second-order valence-electron chi connectivity index (χ2n) is 4.61. The summed E-state index contributed by atoms with van der Waals surface area (Å²) in [6.45, 7) is 0. The molecule has 0 saturated carbocycles. The van der Waals surface area contributed by atoms with Gasteiger partial charge < -0.3 is 0 Å². The monoisotopic (exact) mass is 464 g/mol. The molecule has 0 amide bonds. The maximum Gasteiger partial charge on any atom is 0.0213 e. The predicted molar refractivity (Wildman–Crippen MR) is 96.0 cm³/mol. The maximum absolute atomic E-state index is 3.72. The van der Waals surface area contributed by atoms with Gasteiger partial charge in [0.15, 0.2) is 0 Å². The molecule has 2 aromatic rings. The Labute approximate surface area is 144 Å². The van der Waals surface area contributed by atoms with Crippen molar-refractivity contribution >= 4 is 59.1 Å². The standard InChI is InChI=1S/C15H15Br3S/c16-10-15(11-17,8-7-12-4-3-9-19-12)13-5-1-2-6-14(13)18/h1-6,9H,7-8,10-11H2. The minimum Gasteiger partial charge on any atom is -0.149 e. The van der Waals surface area contributed by atoms with E-state index in [1.807, 2.05) is 11.3 Å². The molecule has 0 atom stereocenters. The van der Waals surface area contributed by atoms with Crippen LogP contribution in [-0.4, -0.2) is 10.7 Å². The van der Waals surface area contributed by atoms with E-state index in [-0.39, 0.29) is 5.41 Å². The third-order valence-corrected chi connectivity index (χ3v) is 7.16. The SMILES string of the molecule is BrCC(CBr)(CCc1cccs1)c1ccccc1Br. The largest absolute Gasteiger partial charge is 0.149 e. The van der Waals surface area contributed by atoms with Gasteiger partial charge in [-0.2, -0.15) is 0 Å². The molecule has 0 saturated heterocycles. The van der Waals surface area contributed by atoms with Crippen molar-refractivity contribution in [1.82, 2.24) is 0 Å². The Morgan fingerprint density at radius 1 is 1.00 bits per heavy atom. The second-order valence-corrected chi connectivity index (χ2v) is 7.61. The fourth-order valence-corrected chi connectivity index (χ4v) is 5.66. The van der Waals surface area contributed by atoms with Crippen LogP contribution in [0.25, 0.3) is 0 Å². The molecular weight excluding hydrogens is 452 g/mol. The van der Waals surface area contributed by atoms with Gasteiger partial charge in [-0.1, -0.05) is 72.1 Å². The first-order chi connectivity index (χ1) is 9.22. The van der Waals surface area contributed by atoms with E-state index in [1.165, 1.54) is 14.9 Å². The van der Waals surface area contributed by atoms with E-state index in [1.54, 1.807) is 0 Å². The summed E-state index contributed by atoms with van der Waals surface area (Å²) in [6.07, 6.45) is 2.25. The molecule has 0 aliphatic heterocycles. The van der Waals surface area contributed by atoms with E-state index in [9.17, 15) is 0 Å². The zero-order valence-corrected chi connectivity index (χ0v) is 16.0. The van der Waals surface area contributed by atoms with Gasteiger partial charge in [0.1, 0.15) is 0 Å². The molecule has 19 heavy (non-hydrogen) atoms. The first kappa shape index (κ1) is 15.7. The van der Waals surface area contributed by atoms with Crippen molar-refractivity contribution in [2.45, 2.75) is 18.3 Å². The minimum atomic E-state index is 0.129. The summed E-state index contributed by atoms with van der Waals surface area (Å²) in [4.78, 5) is 1.46. The lowest BCUT2D eigenvalue weighted by Crippen LogP contribution is -2.31. The minimum absolute atomic E-state index is 0.129. The maximum atomic E-state index is 3.72. The molecule has 0 unspecified atom stereocenters. The van der Waals surface area contributed by atoms with Crippen LogP contribution < -0.4 is 0 Å². The van der Waals surface area contributed by atoms with E-state index >= 15 is 0 Å². The molecule has 0 bridgehead atoms. The molecule has 0 nitrogen and oxygen atoms in total. The zero-order chi connectivity index (χ0) is 13.7. The molecular formula is C15H15Br3S. The van der Waals surface area contributed by atoms with Crippen molar-refractivity contribution in [3.05, 3.63) is 56.7 Å². The van der Waals surface area contributed by atoms with E-state index < -0.39 is 0 Å². The highest BCUT2D eigenvalue weighted by molar-refractivity contribution is 9.10. The van der Waals surface area contributed by atoms with Gasteiger partial charge in [-0.3, -0.25) is 0 Å². The number of alkyl halides is 2. The Hall–Kier alpha value is 0.360. The fraction of sp³-hybridized carbons (Fsp3) is 0.333. The van der Waals surface area contributed by atoms with Gasteiger partial charge in [0.2, 0.25) is 0 Å². The molecule has 4 heteroatoms. The van der Waals surface area contributed by atoms with E-state index in [0.717, 1.165) is 23.5 Å². The normalized spacial score (nSPS) is 11.7. The van der Waals surface area contributed by atoms with Crippen LogP contribution in [0.2, 0.25) is 0 Å². The Bertz CT molecular complexity index is 504. The molecule has 0 fully saturated rings. The summed E-state index contributed by atoms with van der Waals surface area (Å²) < 4.78 is 1.19. The second kappa shape index (κ2) is 7.39. The lowest BCUT2D eigenvalue weighted by Gasteiger charge is -2.31. The Morgan fingerprint density at radius 3 is 2.32 bits per heavy atom. The van der Waals surface area contributed by atoms with Crippen LogP contribution in [0.3, 0.4) is 0 Å². The summed E-state index contributed by atoms with van der Waals surface area (Å²) in [5, 5.41) is 4.07. The molecule has 2 rings (SSSR count). The van der Waals surface area contributed by atoms with Crippen LogP contribution in [-0.2, 0) is 11.8 Å². The molecule has 0 radical (unpaired) electrons. The van der Waals surface area contributed by atoms with Crippen molar-refractivity contribution in [2.75, 3.05) is 10.7 Å². The van der Waals surface area contributed by atoms with Gasteiger partial charge in [-0.05, 0) is 35.9 Å². The molecule has 1 aromatic heterocycles. The van der Waals surface area contributed by atoms with E-state index in [0.29, 0.717) is 0 Å². The lowest BCUT2D eigenvalue weighted by atomic mass is 9.80. The molecule has 0 N–H and O–H groups in total. The van der Waals surface area contributed by atoms with E-state index in [4.69, 9.17) is 0 Å². The lowest BCUT2D eigenvalue weighted by molar-refractivity contribution is 0.505. The van der Waals surface area contributed by atoms with Crippen molar-refractivity contribution in [2.24, 2.45) is 0 Å². The third-order valence-electron chi connectivity index (χ3n) is 3.39. The number of rotatable bonds is 6. The number of aryl methyl sites for hydroxylation is 1. The summed E-state index contributed by atoms with van der Waals surface area (Å²) in [5.74, 6) is 0.